The van der Waals surface area contributed by atoms with Gasteiger partial charge in [-0.25, -0.2) is 21.6 Å². The smallest absolute Gasteiger partial charge is 0.220 e. The highest BCUT2D eigenvalue weighted by atomic mass is 80.0. The van der Waals surface area contributed by atoms with Crippen LogP contribution in [0.5, 0.6) is 0 Å². The summed E-state index contributed by atoms with van der Waals surface area (Å²) >= 11 is 8.83. The van der Waals surface area contributed by atoms with Crippen molar-refractivity contribution < 1.29 is 16.8 Å². The summed E-state index contributed by atoms with van der Waals surface area (Å²) in [5, 5.41) is 0. The maximum absolute atomic E-state index is 12.2. The van der Waals surface area contributed by atoms with Crippen molar-refractivity contribution in [3.05, 3.63) is 24.3 Å². The molecule has 21 heavy (non-hydrogen) atoms. The van der Waals surface area contributed by atoms with Crippen LogP contribution in [0.2, 0.25) is 0 Å². The summed E-state index contributed by atoms with van der Waals surface area (Å²) in [5.74, 6) is 0. The number of halogens is 3. The van der Waals surface area contributed by atoms with Gasteiger partial charge in [-0.1, -0.05) is 19.4 Å². The van der Waals surface area contributed by atoms with Crippen molar-refractivity contribution in [2.45, 2.75) is 31.0 Å². The van der Waals surface area contributed by atoms with Crippen LogP contribution < -0.4 is 4.72 Å². The monoisotopic (exact) mass is 525 g/mol. The van der Waals surface area contributed by atoms with E-state index < -0.39 is 21.3 Å². The fourth-order valence-electron chi connectivity index (χ4n) is 1.41. The predicted molar refractivity (Wildman–Crippen MR) is 93.2 cm³/mol. The third kappa shape index (κ3) is 5.00. The minimum atomic E-state index is -3.83. The van der Waals surface area contributed by atoms with Gasteiger partial charge in [0.2, 0.25) is 21.3 Å². The molecule has 1 N–H and O–H groups in total. The molecule has 0 aliphatic heterocycles. The molecule has 0 saturated heterocycles. The van der Waals surface area contributed by atoms with Crippen LogP contribution in [0.15, 0.2) is 34.1 Å². The standard InChI is InChI=1S/C11H14Br3NO4S2/c1-2-3-7-15-21(18,19)10-6-4-5-9(8-10)20(16,17)11(12,13)14/h4-6,8,15H,2-3,7H2,1H3. The van der Waals surface area contributed by atoms with Crippen LogP contribution in [0, 0.1) is 0 Å². The zero-order chi connectivity index (χ0) is 16.3. The highest BCUT2D eigenvalue weighted by Gasteiger charge is 2.37. The number of hydrogen-bond donors (Lipinski definition) is 1. The Hall–Kier alpha value is 0.520. The number of alkyl halides is 3. The first-order chi connectivity index (χ1) is 9.52. The van der Waals surface area contributed by atoms with E-state index in [4.69, 9.17) is 0 Å². The van der Waals surface area contributed by atoms with Gasteiger partial charge in [-0.05, 0) is 72.4 Å². The van der Waals surface area contributed by atoms with Crippen molar-refractivity contribution >= 4 is 67.7 Å². The maximum Gasteiger partial charge on any atom is 0.240 e. The third-order valence-electron chi connectivity index (χ3n) is 2.55. The van der Waals surface area contributed by atoms with Gasteiger partial charge in [0.25, 0.3) is 0 Å². The van der Waals surface area contributed by atoms with E-state index in [2.05, 4.69) is 52.5 Å². The van der Waals surface area contributed by atoms with E-state index in [0.717, 1.165) is 12.5 Å². The van der Waals surface area contributed by atoms with Gasteiger partial charge in [0, 0.05) is 6.54 Å². The Bertz CT molecular complexity index is 696. The predicted octanol–water partition coefficient (Wildman–Crippen LogP) is 3.33. The normalized spacial score (nSPS) is 13.3. The summed E-state index contributed by atoms with van der Waals surface area (Å²) in [5.41, 5.74) is 0. The molecule has 5 nitrogen and oxygen atoms in total. The van der Waals surface area contributed by atoms with Gasteiger partial charge < -0.3 is 0 Å². The van der Waals surface area contributed by atoms with Crippen LogP contribution in [0.4, 0.5) is 0 Å². The highest BCUT2D eigenvalue weighted by Crippen LogP contribution is 2.43. The molecule has 1 aromatic rings. The van der Waals surface area contributed by atoms with E-state index in [1.54, 1.807) is 0 Å². The molecule has 0 atom stereocenters. The van der Waals surface area contributed by atoms with Crippen molar-refractivity contribution in [1.29, 1.82) is 0 Å². The second kappa shape index (κ2) is 7.39. The second-order valence-electron chi connectivity index (χ2n) is 4.18. The van der Waals surface area contributed by atoms with E-state index in [1.165, 1.54) is 18.2 Å². The first-order valence-electron chi connectivity index (χ1n) is 5.93. The Labute approximate surface area is 150 Å². The summed E-state index contributed by atoms with van der Waals surface area (Å²) in [6, 6.07) is 5.20. The van der Waals surface area contributed by atoms with Crippen LogP contribution in [0.1, 0.15) is 19.8 Å². The van der Waals surface area contributed by atoms with E-state index in [0.29, 0.717) is 13.0 Å². The number of unbranched alkanes of at least 4 members (excludes halogenated alkanes) is 1. The Morgan fingerprint density at radius 3 is 2.19 bits per heavy atom. The average molecular weight is 528 g/mol. The molecule has 1 aromatic carbocycles. The van der Waals surface area contributed by atoms with E-state index in [-0.39, 0.29) is 9.79 Å². The molecule has 0 aliphatic rings. The summed E-state index contributed by atoms with van der Waals surface area (Å²) in [6.07, 6.45) is 1.57. The summed E-state index contributed by atoms with van der Waals surface area (Å²) in [6.45, 7) is 2.26. The molecular weight excluding hydrogens is 514 g/mol. The van der Waals surface area contributed by atoms with Crippen molar-refractivity contribution in [3.8, 4) is 0 Å². The fourth-order valence-corrected chi connectivity index (χ4v) is 5.09. The Balaban J connectivity index is 3.18. The number of benzene rings is 1. The van der Waals surface area contributed by atoms with Crippen molar-refractivity contribution in [2.24, 2.45) is 0 Å². The van der Waals surface area contributed by atoms with Crippen LogP contribution >= 0.6 is 47.8 Å². The molecule has 0 bridgehead atoms. The zero-order valence-electron chi connectivity index (χ0n) is 11.0. The maximum atomic E-state index is 12.2. The van der Waals surface area contributed by atoms with Gasteiger partial charge in [-0.2, -0.15) is 0 Å². The van der Waals surface area contributed by atoms with E-state index in [9.17, 15) is 16.8 Å². The van der Waals surface area contributed by atoms with Crippen LogP contribution in [0.3, 0.4) is 0 Å². The van der Waals surface area contributed by atoms with Gasteiger partial charge in [-0.15, -0.1) is 0 Å². The number of sulfone groups is 1. The van der Waals surface area contributed by atoms with Crippen LogP contribution in [0.25, 0.3) is 0 Å². The molecule has 0 fully saturated rings. The minimum Gasteiger partial charge on any atom is -0.220 e. The van der Waals surface area contributed by atoms with Crippen molar-refractivity contribution in [1.82, 2.24) is 4.72 Å². The van der Waals surface area contributed by atoms with Crippen molar-refractivity contribution in [2.75, 3.05) is 6.54 Å². The van der Waals surface area contributed by atoms with Gasteiger partial charge in [0.15, 0.2) is 0 Å². The summed E-state index contributed by atoms with van der Waals surface area (Å²) in [7, 11) is -7.55. The lowest BCUT2D eigenvalue weighted by Crippen LogP contribution is -2.25. The Kier molecular flexibility index (Phi) is 6.89. The quantitative estimate of drug-likeness (QED) is 0.454. The minimum absolute atomic E-state index is 0.0866. The average Bonchev–Trinajstić information content (AvgIpc) is 2.38. The number of nitrogens with one attached hydrogen (secondary N) is 1. The molecule has 0 aliphatic carbocycles. The van der Waals surface area contributed by atoms with Crippen LogP contribution in [-0.2, 0) is 19.9 Å². The molecule has 0 unspecified atom stereocenters. The SMILES string of the molecule is CCCCNS(=O)(=O)c1cccc(S(=O)(=O)C(Br)(Br)Br)c1. The lowest BCUT2D eigenvalue weighted by molar-refractivity contribution is 0.578. The summed E-state index contributed by atoms with van der Waals surface area (Å²) < 4.78 is 49.6. The van der Waals surface area contributed by atoms with Crippen molar-refractivity contribution in [3.63, 3.8) is 0 Å². The number of rotatable bonds is 6. The fraction of sp³-hybridized carbons (Fsp3) is 0.455. The molecular formula is C11H14Br3NO4S2. The molecule has 0 aromatic heterocycles. The Morgan fingerprint density at radius 1 is 1.10 bits per heavy atom. The Morgan fingerprint density at radius 2 is 1.67 bits per heavy atom. The lowest BCUT2D eigenvalue weighted by Gasteiger charge is -2.14. The lowest BCUT2D eigenvalue weighted by atomic mass is 10.3. The first-order valence-corrected chi connectivity index (χ1v) is 11.3. The molecule has 10 heteroatoms. The third-order valence-corrected chi connectivity index (χ3v) is 9.33. The molecule has 0 amide bonds. The zero-order valence-corrected chi connectivity index (χ0v) is 17.4. The number of sulfonamides is 1. The highest BCUT2D eigenvalue weighted by molar-refractivity contribution is 9.42. The molecule has 0 spiro atoms. The molecule has 1 rings (SSSR count). The van der Waals surface area contributed by atoms with Gasteiger partial charge in [-0.3, -0.25) is 0 Å². The van der Waals surface area contributed by atoms with Gasteiger partial charge >= 0.3 is 0 Å². The summed E-state index contributed by atoms with van der Waals surface area (Å²) in [4.78, 5) is -0.206. The van der Waals surface area contributed by atoms with E-state index in [1.807, 2.05) is 6.92 Å². The molecule has 0 saturated carbocycles. The second-order valence-corrected chi connectivity index (χ2v) is 16.4. The largest absolute Gasteiger partial charge is 0.240 e. The molecule has 120 valence electrons. The van der Waals surface area contributed by atoms with Crippen LogP contribution in [-0.4, -0.2) is 24.9 Å². The van der Waals surface area contributed by atoms with E-state index >= 15 is 0 Å². The topological polar surface area (TPSA) is 80.3 Å². The number of hydrogen-bond acceptors (Lipinski definition) is 4. The molecule has 0 radical (unpaired) electrons. The van der Waals surface area contributed by atoms with Gasteiger partial charge in [0.05, 0.1) is 9.79 Å². The first kappa shape index (κ1) is 19.6. The molecule has 0 heterocycles. The van der Waals surface area contributed by atoms with Gasteiger partial charge in [0.1, 0.15) is 0 Å².